The Hall–Kier alpha value is -1.80. The van der Waals surface area contributed by atoms with E-state index >= 15 is 0 Å². The fourth-order valence-corrected chi connectivity index (χ4v) is 2.75. The van der Waals surface area contributed by atoms with Crippen molar-refractivity contribution in [2.24, 2.45) is 0 Å². The molecule has 2 aromatic heterocycles. The molecule has 0 spiro atoms. The third-order valence-corrected chi connectivity index (χ3v) is 3.81. The summed E-state index contributed by atoms with van der Waals surface area (Å²) in [5.41, 5.74) is 0. The van der Waals surface area contributed by atoms with E-state index in [1.54, 1.807) is 6.92 Å². The quantitative estimate of drug-likeness (QED) is 0.802. The Balaban J connectivity index is 1.67. The van der Waals surface area contributed by atoms with Crippen molar-refractivity contribution in [2.45, 2.75) is 52.3 Å². The molecular weight excluding hydrogens is 286 g/mol. The van der Waals surface area contributed by atoms with Crippen LogP contribution in [0.4, 0.5) is 0 Å². The van der Waals surface area contributed by atoms with Crippen LogP contribution in [0.25, 0.3) is 0 Å². The van der Waals surface area contributed by atoms with Gasteiger partial charge in [0.1, 0.15) is 6.10 Å². The van der Waals surface area contributed by atoms with Crippen molar-refractivity contribution in [3.63, 3.8) is 0 Å². The molecule has 8 heteroatoms. The van der Waals surface area contributed by atoms with Gasteiger partial charge < -0.3 is 13.8 Å². The van der Waals surface area contributed by atoms with E-state index < -0.39 is 0 Å². The van der Waals surface area contributed by atoms with Gasteiger partial charge in [-0.2, -0.15) is 9.97 Å². The topological polar surface area (TPSA) is 90.3 Å². The van der Waals surface area contributed by atoms with Crippen LogP contribution in [0.2, 0.25) is 0 Å². The fourth-order valence-electron chi connectivity index (χ4n) is 2.75. The van der Waals surface area contributed by atoms with Gasteiger partial charge in [0, 0.05) is 13.5 Å². The summed E-state index contributed by atoms with van der Waals surface area (Å²) in [7, 11) is 0. The van der Waals surface area contributed by atoms with Crippen LogP contribution >= 0.6 is 0 Å². The lowest BCUT2D eigenvalue weighted by Crippen LogP contribution is -2.23. The zero-order chi connectivity index (χ0) is 15.5. The van der Waals surface area contributed by atoms with Gasteiger partial charge in [-0.1, -0.05) is 10.3 Å². The van der Waals surface area contributed by atoms with Crippen molar-refractivity contribution in [1.29, 1.82) is 0 Å². The lowest BCUT2D eigenvalue weighted by atomic mass is 10.2. The first-order valence-corrected chi connectivity index (χ1v) is 7.65. The molecule has 22 heavy (non-hydrogen) atoms. The second kappa shape index (κ2) is 6.53. The summed E-state index contributed by atoms with van der Waals surface area (Å²) >= 11 is 0. The molecule has 8 nitrogen and oxygen atoms in total. The van der Waals surface area contributed by atoms with Crippen molar-refractivity contribution in [3.8, 4) is 0 Å². The largest absolute Gasteiger partial charge is 0.371 e. The highest BCUT2D eigenvalue weighted by molar-refractivity contribution is 4.99. The fraction of sp³-hybridized carbons (Fsp3) is 0.714. The third kappa shape index (κ3) is 3.17. The van der Waals surface area contributed by atoms with E-state index in [1.165, 1.54) is 0 Å². The minimum Gasteiger partial charge on any atom is -0.371 e. The minimum absolute atomic E-state index is 0.150. The Labute approximate surface area is 128 Å². The van der Waals surface area contributed by atoms with E-state index in [9.17, 15) is 0 Å². The average molecular weight is 307 g/mol. The molecule has 2 aromatic rings. The molecule has 3 rings (SSSR count). The second-order valence-corrected chi connectivity index (χ2v) is 5.44. The number of rotatable bonds is 6. The van der Waals surface area contributed by atoms with Crippen LogP contribution in [0.15, 0.2) is 9.05 Å². The standard InChI is InChI=1S/C14H21N5O3/c1-4-20-9(2)13-16-12(22-17-13)8-19-7-5-6-11(19)14-15-10(3)21-18-14/h9,11H,4-8H2,1-3H3/t9-,11-/m1/s1. The molecule has 1 fully saturated rings. The van der Waals surface area contributed by atoms with Crippen LogP contribution < -0.4 is 0 Å². The summed E-state index contributed by atoms with van der Waals surface area (Å²) in [6, 6.07) is 0.150. The smallest absolute Gasteiger partial charge is 0.240 e. The molecule has 3 heterocycles. The van der Waals surface area contributed by atoms with Crippen molar-refractivity contribution in [2.75, 3.05) is 13.2 Å². The van der Waals surface area contributed by atoms with Gasteiger partial charge in [-0.3, -0.25) is 4.90 Å². The number of hydrogen-bond acceptors (Lipinski definition) is 8. The third-order valence-electron chi connectivity index (χ3n) is 3.81. The molecule has 0 bridgehead atoms. The summed E-state index contributed by atoms with van der Waals surface area (Å²) in [5.74, 6) is 2.50. The Kier molecular flexibility index (Phi) is 4.49. The zero-order valence-electron chi connectivity index (χ0n) is 13.2. The number of aryl methyl sites for hydroxylation is 1. The van der Waals surface area contributed by atoms with E-state index in [1.807, 2.05) is 13.8 Å². The molecule has 0 radical (unpaired) electrons. The van der Waals surface area contributed by atoms with Crippen LogP contribution in [-0.2, 0) is 11.3 Å². The zero-order valence-corrected chi connectivity index (χ0v) is 13.2. The molecule has 1 aliphatic heterocycles. The van der Waals surface area contributed by atoms with Crippen molar-refractivity contribution >= 4 is 0 Å². The highest BCUT2D eigenvalue weighted by atomic mass is 16.5. The SMILES string of the molecule is CCO[C@H](C)c1noc(CN2CCC[C@@H]2c2noc(C)n2)n1. The normalized spacial score (nSPS) is 20.6. The molecule has 0 N–H and O–H groups in total. The van der Waals surface area contributed by atoms with Gasteiger partial charge in [-0.15, -0.1) is 0 Å². The van der Waals surface area contributed by atoms with Gasteiger partial charge in [-0.25, -0.2) is 0 Å². The average Bonchev–Trinajstić information content (AvgIpc) is 3.20. The number of hydrogen-bond donors (Lipinski definition) is 0. The molecule has 0 saturated carbocycles. The van der Waals surface area contributed by atoms with Gasteiger partial charge >= 0.3 is 0 Å². The monoisotopic (exact) mass is 307 g/mol. The van der Waals surface area contributed by atoms with Gasteiger partial charge in [-0.05, 0) is 33.2 Å². The molecule has 1 aliphatic rings. The second-order valence-electron chi connectivity index (χ2n) is 5.44. The molecule has 0 unspecified atom stereocenters. The molecule has 2 atom stereocenters. The molecule has 0 aliphatic carbocycles. The Morgan fingerprint density at radius 3 is 2.91 bits per heavy atom. The lowest BCUT2D eigenvalue weighted by Gasteiger charge is -2.19. The van der Waals surface area contributed by atoms with Crippen LogP contribution in [0.5, 0.6) is 0 Å². The van der Waals surface area contributed by atoms with Crippen LogP contribution in [0.3, 0.4) is 0 Å². The predicted molar refractivity (Wildman–Crippen MR) is 75.8 cm³/mol. The maximum atomic E-state index is 5.47. The summed E-state index contributed by atoms with van der Waals surface area (Å²) in [6.45, 7) is 7.82. The van der Waals surface area contributed by atoms with E-state index in [4.69, 9.17) is 13.8 Å². The molecule has 1 saturated heterocycles. The molecule has 0 aromatic carbocycles. The van der Waals surface area contributed by atoms with Crippen molar-refractivity contribution in [3.05, 3.63) is 23.4 Å². The summed E-state index contributed by atoms with van der Waals surface area (Å²) in [6.07, 6.45) is 1.95. The first-order chi connectivity index (χ1) is 10.7. The van der Waals surface area contributed by atoms with Gasteiger partial charge in [0.25, 0.3) is 0 Å². The van der Waals surface area contributed by atoms with E-state index in [2.05, 4.69) is 25.2 Å². The van der Waals surface area contributed by atoms with Gasteiger partial charge in [0.2, 0.25) is 11.8 Å². The predicted octanol–water partition coefficient (Wildman–Crippen LogP) is 2.20. The Morgan fingerprint density at radius 1 is 1.32 bits per heavy atom. The highest BCUT2D eigenvalue weighted by Gasteiger charge is 2.31. The molecule has 120 valence electrons. The summed E-state index contributed by atoms with van der Waals surface area (Å²) in [4.78, 5) is 11.0. The number of likely N-dealkylation sites (tertiary alicyclic amines) is 1. The lowest BCUT2D eigenvalue weighted by molar-refractivity contribution is 0.0683. The van der Waals surface area contributed by atoms with Crippen LogP contribution in [0, 0.1) is 6.92 Å². The Bertz CT molecular complexity index is 611. The number of nitrogens with zero attached hydrogens (tertiary/aromatic N) is 5. The van der Waals surface area contributed by atoms with Crippen molar-refractivity contribution in [1.82, 2.24) is 25.2 Å². The maximum Gasteiger partial charge on any atom is 0.240 e. The number of aromatic nitrogens is 4. The molecule has 0 amide bonds. The van der Waals surface area contributed by atoms with Gasteiger partial charge in [0.15, 0.2) is 11.6 Å². The first kappa shape index (κ1) is 15.1. The summed E-state index contributed by atoms with van der Waals surface area (Å²) in [5, 5.41) is 8.02. The highest BCUT2D eigenvalue weighted by Crippen LogP contribution is 2.31. The van der Waals surface area contributed by atoms with E-state index in [0.29, 0.717) is 30.8 Å². The molecular formula is C14H21N5O3. The van der Waals surface area contributed by atoms with E-state index in [-0.39, 0.29) is 12.1 Å². The van der Waals surface area contributed by atoms with Crippen LogP contribution in [-0.4, -0.2) is 38.3 Å². The van der Waals surface area contributed by atoms with E-state index in [0.717, 1.165) is 25.2 Å². The van der Waals surface area contributed by atoms with Gasteiger partial charge in [0.05, 0.1) is 12.6 Å². The van der Waals surface area contributed by atoms with Crippen LogP contribution in [0.1, 0.15) is 62.3 Å². The summed E-state index contributed by atoms with van der Waals surface area (Å²) < 4.78 is 15.9. The Morgan fingerprint density at radius 2 is 2.18 bits per heavy atom. The first-order valence-electron chi connectivity index (χ1n) is 7.65. The number of ether oxygens (including phenoxy) is 1. The maximum absolute atomic E-state index is 5.47. The van der Waals surface area contributed by atoms with Crippen molar-refractivity contribution < 1.29 is 13.8 Å². The minimum atomic E-state index is -0.156.